The molecular weight excluding hydrogens is 511 g/mol. The largest absolute Gasteiger partial charge is 0.493 e. The van der Waals surface area contributed by atoms with E-state index < -0.39 is 18.3 Å². The van der Waals surface area contributed by atoms with Crippen LogP contribution in [0.4, 0.5) is 19.0 Å². The Labute approximate surface area is 225 Å². The summed E-state index contributed by atoms with van der Waals surface area (Å²) in [5.41, 5.74) is 2.20. The van der Waals surface area contributed by atoms with E-state index in [4.69, 9.17) is 9.47 Å². The van der Waals surface area contributed by atoms with Gasteiger partial charge in [0.2, 0.25) is 0 Å². The molecule has 2 aliphatic rings. The van der Waals surface area contributed by atoms with Gasteiger partial charge in [0, 0.05) is 48.8 Å². The van der Waals surface area contributed by atoms with E-state index in [1.807, 2.05) is 18.7 Å². The highest BCUT2D eigenvalue weighted by atomic mass is 19.4. The van der Waals surface area contributed by atoms with Crippen molar-refractivity contribution in [3.05, 3.63) is 59.7 Å². The highest BCUT2D eigenvalue weighted by Crippen LogP contribution is 2.45. The molecule has 1 fully saturated rings. The Kier molecular flexibility index (Phi) is 7.19. The summed E-state index contributed by atoms with van der Waals surface area (Å²) in [6, 6.07) is 11.4. The Balaban J connectivity index is 1.42. The third-order valence-electron chi connectivity index (χ3n) is 7.45. The minimum atomic E-state index is -4.50. The van der Waals surface area contributed by atoms with Crippen LogP contribution in [0.3, 0.4) is 0 Å². The van der Waals surface area contributed by atoms with Gasteiger partial charge in [-0.05, 0) is 43.7 Å². The molecule has 0 saturated carbocycles. The number of piperazine rings is 1. The molecule has 4 atom stereocenters. The van der Waals surface area contributed by atoms with Gasteiger partial charge in [0.15, 0.2) is 17.5 Å². The van der Waals surface area contributed by atoms with Crippen LogP contribution in [0.2, 0.25) is 0 Å². The molecule has 5 rings (SSSR count). The van der Waals surface area contributed by atoms with Crippen LogP contribution >= 0.6 is 0 Å². The van der Waals surface area contributed by atoms with E-state index in [0.29, 0.717) is 40.4 Å². The molecule has 3 heterocycles. The van der Waals surface area contributed by atoms with Crippen LogP contribution in [0.15, 0.2) is 48.5 Å². The van der Waals surface area contributed by atoms with E-state index in [1.165, 1.54) is 14.2 Å². The fourth-order valence-electron chi connectivity index (χ4n) is 5.26. The molecule has 3 aromatic rings. The highest BCUT2D eigenvalue weighted by Gasteiger charge is 2.46. The Bertz CT molecular complexity index is 1340. The van der Waals surface area contributed by atoms with Gasteiger partial charge >= 0.3 is 6.18 Å². The van der Waals surface area contributed by atoms with E-state index in [1.54, 1.807) is 48.5 Å². The molecular formula is C28H32F3N5O3. The van der Waals surface area contributed by atoms with Gasteiger partial charge in [-0.15, -0.1) is 0 Å². The standard InChI is InChI=1S/C28H32F3N5O3/c1-16-15-35(17(2)14-32-16)27(37)19-7-5-18(6-8-19)22-13-26-33-21(12-25(28(29,30)31)36(26)34-22)20-9-10-23(38-3)24(11-20)39-4/h5-11,13,16-17,21,25,32-33H,12,14-15H2,1-4H3/t16-,17-,21?,25?/m1/s1. The van der Waals surface area contributed by atoms with Crippen LogP contribution in [0, 0.1) is 0 Å². The van der Waals surface area contributed by atoms with Crippen molar-refractivity contribution in [1.29, 1.82) is 0 Å². The van der Waals surface area contributed by atoms with Gasteiger partial charge in [0.1, 0.15) is 5.82 Å². The minimum absolute atomic E-state index is 0.0666. The number of hydrogen-bond donors (Lipinski definition) is 2. The molecule has 2 unspecified atom stereocenters. The number of ether oxygens (including phenoxy) is 2. The van der Waals surface area contributed by atoms with Crippen molar-refractivity contribution >= 4 is 11.7 Å². The molecule has 208 valence electrons. The number of methoxy groups -OCH3 is 2. The zero-order valence-electron chi connectivity index (χ0n) is 22.2. The molecule has 2 aromatic carbocycles. The maximum Gasteiger partial charge on any atom is 0.410 e. The smallest absolute Gasteiger partial charge is 0.410 e. The van der Waals surface area contributed by atoms with Crippen molar-refractivity contribution in [3.8, 4) is 22.8 Å². The van der Waals surface area contributed by atoms with Crippen LogP contribution in [0.5, 0.6) is 11.5 Å². The van der Waals surface area contributed by atoms with Crippen molar-refractivity contribution in [2.24, 2.45) is 0 Å². The summed E-state index contributed by atoms with van der Waals surface area (Å²) in [6.45, 7) is 5.37. The summed E-state index contributed by atoms with van der Waals surface area (Å²) < 4.78 is 54.2. The molecule has 0 aliphatic carbocycles. The average Bonchev–Trinajstić information content (AvgIpc) is 3.36. The van der Waals surface area contributed by atoms with E-state index in [0.717, 1.165) is 11.2 Å². The third-order valence-corrected chi connectivity index (χ3v) is 7.45. The van der Waals surface area contributed by atoms with Crippen LogP contribution in [0.1, 0.15) is 48.3 Å². The lowest BCUT2D eigenvalue weighted by molar-refractivity contribution is -0.173. The van der Waals surface area contributed by atoms with Gasteiger partial charge in [-0.2, -0.15) is 18.3 Å². The first-order valence-corrected chi connectivity index (χ1v) is 12.9. The second-order valence-electron chi connectivity index (χ2n) is 10.2. The summed E-state index contributed by atoms with van der Waals surface area (Å²) in [5, 5.41) is 10.9. The number of amides is 1. The molecule has 2 N–H and O–H groups in total. The zero-order chi connectivity index (χ0) is 27.9. The average molecular weight is 544 g/mol. The SMILES string of the molecule is COc1ccc(C2CC(C(F)(F)F)n3nc(-c4ccc(C(=O)N5C[C@@H](C)NC[C@H]5C)cc4)cc3N2)cc1OC. The second-order valence-corrected chi connectivity index (χ2v) is 10.2. The number of benzene rings is 2. The number of rotatable bonds is 5. The van der Waals surface area contributed by atoms with Crippen LogP contribution in [0.25, 0.3) is 11.3 Å². The number of carbonyl (C=O) groups is 1. The van der Waals surface area contributed by atoms with Crippen LogP contribution < -0.4 is 20.1 Å². The molecule has 39 heavy (non-hydrogen) atoms. The normalized spacial score (nSPS) is 23.1. The number of halogens is 3. The van der Waals surface area contributed by atoms with Crippen molar-refractivity contribution in [1.82, 2.24) is 20.0 Å². The van der Waals surface area contributed by atoms with E-state index in [2.05, 4.69) is 15.7 Å². The lowest BCUT2D eigenvalue weighted by atomic mass is 9.96. The number of anilines is 1. The van der Waals surface area contributed by atoms with Crippen molar-refractivity contribution in [2.75, 3.05) is 32.6 Å². The fourth-order valence-corrected chi connectivity index (χ4v) is 5.26. The van der Waals surface area contributed by atoms with E-state index >= 15 is 0 Å². The number of carbonyl (C=O) groups excluding carboxylic acids is 1. The summed E-state index contributed by atoms with van der Waals surface area (Å²) >= 11 is 0. The van der Waals surface area contributed by atoms with Gasteiger partial charge in [-0.25, -0.2) is 4.68 Å². The first-order valence-electron chi connectivity index (χ1n) is 12.9. The molecule has 1 amide bonds. The molecule has 1 aromatic heterocycles. The lowest BCUT2D eigenvalue weighted by Crippen LogP contribution is -2.56. The van der Waals surface area contributed by atoms with E-state index in [-0.39, 0.29) is 30.2 Å². The minimum Gasteiger partial charge on any atom is -0.493 e. The number of fused-ring (bicyclic) bond motifs is 1. The predicted octanol–water partition coefficient (Wildman–Crippen LogP) is 5.05. The maximum atomic E-state index is 14.2. The van der Waals surface area contributed by atoms with Gasteiger partial charge in [-0.3, -0.25) is 4.79 Å². The lowest BCUT2D eigenvalue weighted by Gasteiger charge is -2.37. The van der Waals surface area contributed by atoms with E-state index in [9.17, 15) is 18.0 Å². The zero-order valence-corrected chi connectivity index (χ0v) is 22.2. The number of alkyl halides is 3. The first kappa shape index (κ1) is 26.9. The summed E-state index contributed by atoms with van der Waals surface area (Å²) in [5.74, 6) is 1.14. The first-order chi connectivity index (χ1) is 18.6. The number of aromatic nitrogens is 2. The third kappa shape index (κ3) is 5.27. The van der Waals surface area contributed by atoms with Crippen LogP contribution in [-0.2, 0) is 0 Å². The Morgan fingerprint density at radius 3 is 2.41 bits per heavy atom. The molecule has 2 aliphatic heterocycles. The van der Waals surface area contributed by atoms with Crippen molar-refractivity contribution < 1.29 is 27.4 Å². The monoisotopic (exact) mass is 543 g/mol. The van der Waals surface area contributed by atoms with Crippen molar-refractivity contribution in [2.45, 2.75) is 50.6 Å². The van der Waals surface area contributed by atoms with Crippen molar-refractivity contribution in [3.63, 3.8) is 0 Å². The summed E-state index contributed by atoms with van der Waals surface area (Å²) in [4.78, 5) is 14.9. The molecule has 0 radical (unpaired) electrons. The van der Waals surface area contributed by atoms with Gasteiger partial charge in [0.05, 0.1) is 26.0 Å². The van der Waals surface area contributed by atoms with Gasteiger partial charge < -0.3 is 25.0 Å². The Hall–Kier alpha value is -3.73. The maximum absolute atomic E-state index is 14.2. The number of nitrogens with zero attached hydrogens (tertiary/aromatic N) is 3. The van der Waals surface area contributed by atoms with Gasteiger partial charge in [-0.1, -0.05) is 18.2 Å². The number of nitrogens with one attached hydrogen (secondary N) is 2. The van der Waals surface area contributed by atoms with Crippen LogP contribution in [-0.4, -0.2) is 66.2 Å². The highest BCUT2D eigenvalue weighted by molar-refractivity contribution is 5.95. The number of hydrogen-bond acceptors (Lipinski definition) is 6. The van der Waals surface area contributed by atoms with Gasteiger partial charge in [0.25, 0.3) is 5.91 Å². The summed E-state index contributed by atoms with van der Waals surface area (Å²) in [7, 11) is 2.99. The quantitative estimate of drug-likeness (QED) is 0.469. The Morgan fingerprint density at radius 2 is 1.74 bits per heavy atom. The molecule has 8 nitrogen and oxygen atoms in total. The molecule has 0 spiro atoms. The molecule has 1 saturated heterocycles. The molecule has 0 bridgehead atoms. The molecule has 11 heteroatoms. The summed E-state index contributed by atoms with van der Waals surface area (Å²) in [6.07, 6.45) is -4.73. The topological polar surface area (TPSA) is 80.7 Å². The second kappa shape index (κ2) is 10.4. The Morgan fingerprint density at radius 1 is 1.03 bits per heavy atom. The predicted molar refractivity (Wildman–Crippen MR) is 141 cm³/mol. The fraction of sp³-hybridized carbons (Fsp3) is 0.429.